The second-order valence-corrected chi connectivity index (χ2v) is 8.60. The third-order valence-corrected chi connectivity index (χ3v) is 6.09. The van der Waals surface area contributed by atoms with E-state index in [2.05, 4.69) is 34.2 Å². The maximum Gasteiger partial charge on any atom is 0.251 e. The van der Waals surface area contributed by atoms with Crippen molar-refractivity contribution in [3.8, 4) is 5.88 Å². The third kappa shape index (κ3) is 5.86. The highest BCUT2D eigenvalue weighted by Crippen LogP contribution is 2.22. The maximum absolute atomic E-state index is 12.5. The first-order chi connectivity index (χ1) is 12.6. The van der Waals surface area contributed by atoms with Gasteiger partial charge in [0.2, 0.25) is 5.88 Å². The fourth-order valence-electron chi connectivity index (χ4n) is 3.35. The van der Waals surface area contributed by atoms with E-state index in [4.69, 9.17) is 4.74 Å². The van der Waals surface area contributed by atoms with Crippen LogP contribution >= 0.6 is 11.8 Å². The average molecular weight is 379 g/mol. The molecule has 7 heteroatoms. The van der Waals surface area contributed by atoms with Crippen LogP contribution in [0.3, 0.4) is 0 Å². The lowest BCUT2D eigenvalue weighted by Gasteiger charge is -2.18. The summed E-state index contributed by atoms with van der Waals surface area (Å²) in [5.41, 5.74) is 0.628. The van der Waals surface area contributed by atoms with Crippen LogP contribution in [0, 0.1) is 5.92 Å². The Kier molecular flexibility index (Phi) is 7.16. The van der Waals surface area contributed by atoms with Gasteiger partial charge in [0.1, 0.15) is 6.10 Å². The van der Waals surface area contributed by atoms with Gasteiger partial charge in [0.15, 0.2) is 0 Å². The number of carbonyl (C=O) groups is 1. The van der Waals surface area contributed by atoms with Gasteiger partial charge in [-0.1, -0.05) is 0 Å². The van der Waals surface area contributed by atoms with Gasteiger partial charge in [0.05, 0.1) is 0 Å². The fourth-order valence-corrected chi connectivity index (χ4v) is 4.45. The number of carbonyl (C=O) groups excluding carboxylic acids is 1. The Labute approximate surface area is 160 Å². The zero-order valence-corrected chi connectivity index (χ0v) is 16.6. The van der Waals surface area contributed by atoms with Gasteiger partial charge in [-0.3, -0.25) is 4.79 Å². The number of nitrogens with zero attached hydrogens (tertiary/aromatic N) is 3. The first kappa shape index (κ1) is 19.5. The molecule has 0 spiro atoms. The number of likely N-dealkylation sites (tertiary alicyclic amines) is 1. The largest absolute Gasteiger partial charge is 0.473 e. The summed E-state index contributed by atoms with van der Waals surface area (Å²) >= 11 is 1.90. The van der Waals surface area contributed by atoms with Crippen LogP contribution in [0.2, 0.25) is 0 Å². The van der Waals surface area contributed by atoms with Crippen LogP contribution in [-0.2, 0) is 0 Å². The summed E-state index contributed by atoms with van der Waals surface area (Å²) in [7, 11) is 4.21. The van der Waals surface area contributed by atoms with E-state index in [0.29, 0.717) is 17.4 Å². The number of hydrogen-bond acceptors (Lipinski definition) is 6. The number of amides is 1. The minimum atomic E-state index is -0.0372. The van der Waals surface area contributed by atoms with Crippen molar-refractivity contribution < 1.29 is 9.53 Å². The molecule has 0 saturated carbocycles. The van der Waals surface area contributed by atoms with E-state index >= 15 is 0 Å². The van der Waals surface area contributed by atoms with Gasteiger partial charge in [0.25, 0.3) is 5.91 Å². The van der Waals surface area contributed by atoms with E-state index < -0.39 is 0 Å². The molecule has 2 saturated heterocycles. The molecule has 2 aliphatic rings. The molecule has 1 aromatic rings. The maximum atomic E-state index is 12.5. The summed E-state index contributed by atoms with van der Waals surface area (Å²) in [6.45, 7) is 5.11. The molecule has 0 aliphatic carbocycles. The molecule has 1 amide bonds. The SMILES string of the molecule is CN(C)CCN1CCC(CNC(=O)c2ccnc(OC3CCSC3)c2)C1. The summed E-state index contributed by atoms with van der Waals surface area (Å²) in [4.78, 5) is 21.4. The minimum absolute atomic E-state index is 0.0372. The number of rotatable bonds is 8. The Balaban J connectivity index is 1.43. The zero-order valence-electron chi connectivity index (χ0n) is 15.8. The van der Waals surface area contributed by atoms with E-state index in [1.807, 2.05) is 11.8 Å². The molecule has 144 valence electrons. The summed E-state index contributed by atoms with van der Waals surface area (Å²) in [6.07, 6.45) is 4.08. The van der Waals surface area contributed by atoms with Crippen molar-refractivity contribution in [1.82, 2.24) is 20.1 Å². The van der Waals surface area contributed by atoms with Gasteiger partial charge < -0.3 is 19.9 Å². The number of nitrogens with one attached hydrogen (secondary N) is 1. The summed E-state index contributed by atoms with van der Waals surface area (Å²) < 4.78 is 5.88. The Morgan fingerprint density at radius 1 is 1.46 bits per heavy atom. The van der Waals surface area contributed by atoms with Crippen LogP contribution in [0.5, 0.6) is 5.88 Å². The van der Waals surface area contributed by atoms with Gasteiger partial charge in [-0.2, -0.15) is 11.8 Å². The lowest BCUT2D eigenvalue weighted by atomic mass is 10.1. The molecule has 3 heterocycles. The van der Waals surface area contributed by atoms with Gasteiger partial charge in [-0.05, 0) is 51.2 Å². The molecule has 1 N–H and O–H groups in total. The highest BCUT2D eigenvalue weighted by molar-refractivity contribution is 7.99. The Morgan fingerprint density at radius 3 is 3.12 bits per heavy atom. The molecule has 6 nitrogen and oxygen atoms in total. The van der Waals surface area contributed by atoms with Crippen LogP contribution in [-0.4, -0.2) is 85.1 Å². The quantitative estimate of drug-likeness (QED) is 0.741. The summed E-state index contributed by atoms with van der Waals surface area (Å²) in [6, 6.07) is 3.51. The van der Waals surface area contributed by atoms with Gasteiger partial charge in [-0.25, -0.2) is 4.98 Å². The molecule has 0 aromatic carbocycles. The zero-order chi connectivity index (χ0) is 18.4. The van der Waals surface area contributed by atoms with Gasteiger partial charge >= 0.3 is 0 Å². The lowest BCUT2D eigenvalue weighted by molar-refractivity contribution is 0.0946. The van der Waals surface area contributed by atoms with Crippen molar-refractivity contribution in [3.63, 3.8) is 0 Å². The van der Waals surface area contributed by atoms with Crippen LogP contribution in [0.15, 0.2) is 18.3 Å². The molecule has 0 radical (unpaired) electrons. The number of thioether (sulfide) groups is 1. The molecular formula is C19H30N4O2S. The third-order valence-electron chi connectivity index (χ3n) is 4.96. The molecule has 3 rings (SSSR count). The Bertz CT molecular complexity index is 593. The summed E-state index contributed by atoms with van der Waals surface area (Å²) in [5, 5.41) is 3.08. The van der Waals surface area contributed by atoms with Crippen LogP contribution < -0.4 is 10.1 Å². The van der Waals surface area contributed by atoms with E-state index in [1.165, 1.54) is 0 Å². The first-order valence-corrected chi connectivity index (χ1v) is 10.6. The van der Waals surface area contributed by atoms with Crippen LogP contribution in [0.25, 0.3) is 0 Å². The van der Waals surface area contributed by atoms with Gasteiger partial charge in [-0.15, -0.1) is 0 Å². The van der Waals surface area contributed by atoms with E-state index in [-0.39, 0.29) is 12.0 Å². The topological polar surface area (TPSA) is 57.7 Å². The van der Waals surface area contributed by atoms with Crippen molar-refractivity contribution >= 4 is 17.7 Å². The normalized spacial score (nSPS) is 23.5. The number of aromatic nitrogens is 1. The molecule has 26 heavy (non-hydrogen) atoms. The average Bonchev–Trinajstić information content (AvgIpc) is 3.30. The molecule has 1 aromatic heterocycles. The standard InChI is InChI=1S/C19H30N4O2S/c1-22(2)8-9-23-7-4-15(13-23)12-21-19(24)16-3-6-20-18(11-16)25-17-5-10-26-14-17/h3,6,11,15,17H,4-5,7-10,12-14H2,1-2H3,(H,21,24). The summed E-state index contributed by atoms with van der Waals surface area (Å²) in [5.74, 6) is 3.20. The fraction of sp³-hybridized carbons (Fsp3) is 0.684. The van der Waals surface area contributed by atoms with Crippen molar-refractivity contribution in [3.05, 3.63) is 23.9 Å². The number of ether oxygens (including phenoxy) is 1. The number of hydrogen-bond donors (Lipinski definition) is 1. The molecule has 2 aliphatic heterocycles. The number of likely N-dealkylation sites (N-methyl/N-ethyl adjacent to an activating group) is 1. The van der Waals surface area contributed by atoms with E-state index in [9.17, 15) is 4.79 Å². The number of pyridine rings is 1. The minimum Gasteiger partial charge on any atom is -0.473 e. The van der Waals surface area contributed by atoms with Crippen LogP contribution in [0.1, 0.15) is 23.2 Å². The molecule has 2 fully saturated rings. The first-order valence-electron chi connectivity index (χ1n) is 9.46. The predicted octanol–water partition coefficient (Wildman–Crippen LogP) is 1.58. The van der Waals surface area contributed by atoms with E-state index in [0.717, 1.165) is 57.1 Å². The van der Waals surface area contributed by atoms with Crippen molar-refractivity contribution in [1.29, 1.82) is 0 Å². The smallest absolute Gasteiger partial charge is 0.251 e. The highest BCUT2D eigenvalue weighted by Gasteiger charge is 2.23. The van der Waals surface area contributed by atoms with Gasteiger partial charge in [0, 0.05) is 49.8 Å². The van der Waals surface area contributed by atoms with Crippen molar-refractivity contribution in [2.75, 3.05) is 58.3 Å². The monoisotopic (exact) mass is 378 g/mol. The van der Waals surface area contributed by atoms with Crippen molar-refractivity contribution in [2.45, 2.75) is 18.9 Å². The molecular weight excluding hydrogens is 348 g/mol. The second kappa shape index (κ2) is 9.58. The van der Waals surface area contributed by atoms with Crippen LogP contribution in [0.4, 0.5) is 0 Å². The van der Waals surface area contributed by atoms with E-state index in [1.54, 1.807) is 18.3 Å². The predicted molar refractivity (Wildman–Crippen MR) is 106 cm³/mol. The Morgan fingerprint density at radius 2 is 2.35 bits per heavy atom. The lowest BCUT2D eigenvalue weighted by Crippen LogP contribution is -2.33. The molecule has 2 atom stereocenters. The molecule has 0 bridgehead atoms. The highest BCUT2D eigenvalue weighted by atomic mass is 32.2. The Hall–Kier alpha value is -1.31. The van der Waals surface area contributed by atoms with Crippen molar-refractivity contribution in [2.24, 2.45) is 5.92 Å². The molecule has 2 unspecified atom stereocenters. The second-order valence-electron chi connectivity index (χ2n) is 7.45.